The molecule has 0 aliphatic heterocycles. The fourth-order valence-corrected chi connectivity index (χ4v) is 5.92. The molecule has 1 spiro atoms. The Kier molecular flexibility index (Phi) is 8.74. The van der Waals surface area contributed by atoms with Crippen LogP contribution >= 0.6 is 0 Å². The molecule has 13 heteroatoms. The van der Waals surface area contributed by atoms with Crippen LogP contribution in [0.25, 0.3) is 0 Å². The van der Waals surface area contributed by atoms with Gasteiger partial charge in [-0.05, 0) is 93.0 Å². The average Bonchev–Trinajstić information content (AvgIpc) is 3.45. The summed E-state index contributed by atoms with van der Waals surface area (Å²) < 4.78 is 37.1. The van der Waals surface area contributed by atoms with Gasteiger partial charge in [-0.25, -0.2) is 8.78 Å². The highest BCUT2D eigenvalue weighted by Gasteiger charge is 2.39. The molecule has 2 heterocycles. The van der Waals surface area contributed by atoms with Crippen molar-refractivity contribution in [1.29, 1.82) is 0 Å². The Morgan fingerprint density at radius 3 is 2.38 bits per heavy atom. The summed E-state index contributed by atoms with van der Waals surface area (Å²) in [5.41, 5.74) is 1.18. The number of anilines is 1. The SMILES string of the molecule is O=C(O)CC1CCC2(CC1)CCC(c1ccc(OCNC(=O)c3nnc(NC(=O)c4ccc(F)c(F)c4)o3)cn1)CC2. The zero-order valence-corrected chi connectivity index (χ0v) is 22.8. The van der Waals surface area contributed by atoms with Crippen molar-refractivity contribution in [3.8, 4) is 5.75 Å². The van der Waals surface area contributed by atoms with Gasteiger partial charge in [0.05, 0.1) is 6.20 Å². The minimum atomic E-state index is -1.19. The number of carboxylic acid groups (broad SMARTS) is 1. The van der Waals surface area contributed by atoms with Crippen molar-refractivity contribution >= 4 is 23.8 Å². The molecule has 3 N–H and O–H groups in total. The van der Waals surface area contributed by atoms with Crippen molar-refractivity contribution in [2.24, 2.45) is 11.3 Å². The molecule has 0 bridgehead atoms. The quantitative estimate of drug-likeness (QED) is 0.293. The number of carbonyl (C=O) groups excluding carboxylic acids is 2. The number of aliphatic carboxylic acids is 1. The predicted molar refractivity (Wildman–Crippen MR) is 144 cm³/mol. The van der Waals surface area contributed by atoms with Crippen molar-refractivity contribution in [2.45, 2.75) is 63.7 Å². The van der Waals surface area contributed by atoms with E-state index in [9.17, 15) is 23.2 Å². The molecule has 2 aliphatic carbocycles. The monoisotopic (exact) mass is 583 g/mol. The molecule has 11 nitrogen and oxygen atoms in total. The van der Waals surface area contributed by atoms with Crippen LogP contribution in [0.5, 0.6) is 5.75 Å². The number of rotatable bonds is 9. The number of nitrogens with zero attached hydrogens (tertiary/aromatic N) is 3. The molecule has 5 rings (SSSR count). The summed E-state index contributed by atoms with van der Waals surface area (Å²) in [5.74, 6) is -3.83. The molecule has 0 radical (unpaired) electrons. The second kappa shape index (κ2) is 12.6. The first kappa shape index (κ1) is 29.1. The van der Waals surface area contributed by atoms with Crippen molar-refractivity contribution in [3.63, 3.8) is 0 Å². The van der Waals surface area contributed by atoms with Gasteiger partial charge in [0.15, 0.2) is 18.4 Å². The smallest absolute Gasteiger partial charge is 0.322 e. The molecular formula is C29H31F2N5O6. The highest BCUT2D eigenvalue weighted by molar-refractivity contribution is 6.03. The van der Waals surface area contributed by atoms with Crippen LogP contribution in [0.15, 0.2) is 40.9 Å². The third kappa shape index (κ3) is 7.07. The van der Waals surface area contributed by atoms with Crippen molar-refractivity contribution in [1.82, 2.24) is 20.5 Å². The summed E-state index contributed by atoms with van der Waals surface area (Å²) in [7, 11) is 0. The van der Waals surface area contributed by atoms with Crippen LogP contribution < -0.4 is 15.4 Å². The fourth-order valence-electron chi connectivity index (χ4n) is 5.92. The van der Waals surface area contributed by atoms with E-state index in [0.717, 1.165) is 75.3 Å². The van der Waals surface area contributed by atoms with E-state index in [4.69, 9.17) is 14.3 Å². The Hall–Kier alpha value is -4.42. The number of ether oxygens (including phenoxy) is 1. The lowest BCUT2D eigenvalue weighted by Crippen LogP contribution is -2.32. The highest BCUT2D eigenvalue weighted by Crippen LogP contribution is 2.52. The molecule has 2 fully saturated rings. The lowest BCUT2D eigenvalue weighted by atomic mass is 9.61. The van der Waals surface area contributed by atoms with E-state index in [1.54, 1.807) is 12.3 Å². The lowest BCUT2D eigenvalue weighted by molar-refractivity contribution is -0.138. The minimum absolute atomic E-state index is 0.171. The van der Waals surface area contributed by atoms with Crippen LogP contribution in [0.3, 0.4) is 0 Å². The first-order valence-electron chi connectivity index (χ1n) is 13.9. The van der Waals surface area contributed by atoms with E-state index in [0.29, 0.717) is 23.0 Å². The molecule has 2 aromatic heterocycles. The van der Waals surface area contributed by atoms with Crippen LogP contribution in [0, 0.1) is 23.0 Å². The number of aromatic nitrogens is 3. The molecule has 42 heavy (non-hydrogen) atoms. The van der Waals surface area contributed by atoms with E-state index < -0.39 is 41.3 Å². The Morgan fingerprint density at radius 1 is 0.976 bits per heavy atom. The summed E-state index contributed by atoms with van der Waals surface area (Å²) in [4.78, 5) is 40.1. The second-order valence-corrected chi connectivity index (χ2v) is 11.0. The molecule has 1 aromatic carbocycles. The van der Waals surface area contributed by atoms with Gasteiger partial charge >= 0.3 is 23.8 Å². The van der Waals surface area contributed by atoms with Crippen LogP contribution in [-0.4, -0.2) is 44.8 Å². The first-order chi connectivity index (χ1) is 20.2. The van der Waals surface area contributed by atoms with E-state index in [2.05, 4.69) is 25.8 Å². The first-order valence-corrected chi connectivity index (χ1v) is 13.9. The number of benzene rings is 1. The van der Waals surface area contributed by atoms with Crippen molar-refractivity contribution in [3.05, 3.63) is 65.3 Å². The van der Waals surface area contributed by atoms with Gasteiger partial charge < -0.3 is 19.6 Å². The minimum Gasteiger partial charge on any atom is -0.481 e. The fraction of sp³-hybridized carbons (Fsp3) is 0.448. The Labute approximate surface area is 240 Å². The molecule has 0 unspecified atom stereocenters. The number of amides is 2. The number of carbonyl (C=O) groups is 3. The molecule has 2 saturated carbocycles. The van der Waals surface area contributed by atoms with Crippen LogP contribution in [-0.2, 0) is 4.79 Å². The number of hydrogen-bond donors (Lipinski definition) is 3. The van der Waals surface area contributed by atoms with Crippen molar-refractivity contribution in [2.75, 3.05) is 12.0 Å². The highest BCUT2D eigenvalue weighted by atomic mass is 19.2. The Morgan fingerprint density at radius 2 is 1.71 bits per heavy atom. The van der Waals surface area contributed by atoms with E-state index in [1.165, 1.54) is 0 Å². The maximum absolute atomic E-state index is 13.3. The number of pyridine rings is 1. The van der Waals surface area contributed by atoms with Crippen LogP contribution in [0.4, 0.5) is 14.8 Å². The second-order valence-electron chi connectivity index (χ2n) is 11.0. The predicted octanol–water partition coefficient (Wildman–Crippen LogP) is 5.07. The summed E-state index contributed by atoms with van der Waals surface area (Å²) in [6.07, 6.45) is 10.5. The molecule has 2 amide bonds. The maximum atomic E-state index is 13.3. The van der Waals surface area contributed by atoms with Crippen LogP contribution in [0.2, 0.25) is 0 Å². The van der Waals surface area contributed by atoms with Gasteiger partial charge in [0.1, 0.15) is 5.75 Å². The topological polar surface area (TPSA) is 157 Å². The van der Waals surface area contributed by atoms with Gasteiger partial charge in [-0.3, -0.25) is 24.7 Å². The maximum Gasteiger partial charge on any atom is 0.322 e. The number of nitrogens with one attached hydrogen (secondary N) is 2. The summed E-state index contributed by atoms with van der Waals surface area (Å²) in [6, 6.07) is 5.95. The zero-order valence-electron chi connectivity index (χ0n) is 22.8. The number of halogens is 2. The van der Waals surface area contributed by atoms with Crippen molar-refractivity contribution < 1.29 is 37.4 Å². The third-order valence-corrected chi connectivity index (χ3v) is 8.35. The molecule has 0 saturated heterocycles. The van der Waals surface area contributed by atoms with Gasteiger partial charge in [-0.2, -0.15) is 0 Å². The molecule has 3 aromatic rings. The van der Waals surface area contributed by atoms with Gasteiger partial charge in [0, 0.05) is 23.6 Å². The summed E-state index contributed by atoms with van der Waals surface area (Å²) >= 11 is 0. The molecule has 0 atom stereocenters. The van der Waals surface area contributed by atoms with E-state index in [-0.39, 0.29) is 18.7 Å². The van der Waals surface area contributed by atoms with Gasteiger partial charge in [-0.1, -0.05) is 5.10 Å². The van der Waals surface area contributed by atoms with Gasteiger partial charge in [-0.15, -0.1) is 5.10 Å². The average molecular weight is 584 g/mol. The third-order valence-electron chi connectivity index (χ3n) is 8.35. The standard InChI is InChI=1S/C29H31F2N5O6/c30-21-3-1-19(14-22(21)31)25(39)34-28-36-35-27(42-28)26(40)33-16-41-20-2-4-23(32-15-20)18-7-11-29(12-8-18)9-5-17(6-10-29)13-24(37)38/h1-4,14-15,17-18H,5-13,16H2,(H,33,40)(H,37,38)(H,34,36,39). The summed E-state index contributed by atoms with van der Waals surface area (Å²) in [5, 5.41) is 20.9. The number of hydrogen-bond acceptors (Lipinski definition) is 8. The molecule has 2 aliphatic rings. The lowest BCUT2D eigenvalue weighted by Gasteiger charge is -2.44. The van der Waals surface area contributed by atoms with E-state index >= 15 is 0 Å². The van der Waals surface area contributed by atoms with Crippen LogP contribution in [0.1, 0.15) is 90.4 Å². The molecule has 222 valence electrons. The number of carboxylic acids is 1. The molecular weight excluding hydrogens is 552 g/mol. The van der Waals surface area contributed by atoms with Gasteiger partial charge in [0.25, 0.3) is 5.91 Å². The Balaban J connectivity index is 1.04. The summed E-state index contributed by atoms with van der Waals surface area (Å²) in [6.45, 7) is -0.201. The largest absolute Gasteiger partial charge is 0.481 e. The Bertz CT molecular complexity index is 1430. The van der Waals surface area contributed by atoms with E-state index in [1.807, 2.05) is 6.07 Å². The van der Waals surface area contributed by atoms with Gasteiger partial charge in [0.2, 0.25) is 0 Å². The normalized spacial score (nSPS) is 22.0. The zero-order chi connectivity index (χ0) is 29.7.